The van der Waals surface area contributed by atoms with E-state index in [4.69, 9.17) is 4.42 Å². The van der Waals surface area contributed by atoms with E-state index in [0.717, 1.165) is 18.8 Å². The normalized spacial score (nSPS) is 21.7. The van der Waals surface area contributed by atoms with Crippen molar-refractivity contribution in [2.45, 2.75) is 32.6 Å². The molecule has 0 spiro atoms. The minimum absolute atomic E-state index is 0.0906. The molecule has 4 heteroatoms. The van der Waals surface area contributed by atoms with Gasteiger partial charge in [0, 0.05) is 12.6 Å². The number of benzene rings is 1. The smallest absolute Gasteiger partial charge is 0.287 e. The Bertz CT molecular complexity index is 726. The Hall–Kier alpha value is -2.10. The van der Waals surface area contributed by atoms with E-state index in [0.29, 0.717) is 23.4 Å². The van der Waals surface area contributed by atoms with Crippen LogP contribution < -0.4 is 10.7 Å². The largest absolute Gasteiger partial charge is 0.451 e. The van der Waals surface area contributed by atoms with Gasteiger partial charge < -0.3 is 9.73 Å². The highest BCUT2D eigenvalue weighted by atomic mass is 16.3. The molecule has 1 aromatic carbocycles. The summed E-state index contributed by atoms with van der Waals surface area (Å²) < 4.78 is 5.55. The Morgan fingerprint density at radius 3 is 2.73 bits per heavy atom. The van der Waals surface area contributed by atoms with E-state index in [9.17, 15) is 9.59 Å². The molecule has 1 heterocycles. The quantitative estimate of drug-likeness (QED) is 0.945. The number of hydrogen-bond donors (Lipinski definition) is 1. The second kappa shape index (κ2) is 6.34. The molecule has 1 saturated carbocycles. The van der Waals surface area contributed by atoms with Gasteiger partial charge in [0.25, 0.3) is 5.91 Å². The maximum Gasteiger partial charge on any atom is 0.287 e. The Kier molecular flexibility index (Phi) is 4.27. The second-order valence-corrected chi connectivity index (χ2v) is 6.31. The number of amides is 1. The van der Waals surface area contributed by atoms with Crippen LogP contribution in [0.4, 0.5) is 0 Å². The molecule has 1 aliphatic rings. The monoisotopic (exact) mass is 299 g/mol. The third kappa shape index (κ3) is 3.21. The number of fused-ring (bicyclic) bond motifs is 1. The van der Waals surface area contributed by atoms with Crippen LogP contribution >= 0.6 is 0 Å². The van der Waals surface area contributed by atoms with E-state index in [-0.39, 0.29) is 17.1 Å². The molecule has 1 fully saturated rings. The van der Waals surface area contributed by atoms with Crippen LogP contribution in [-0.4, -0.2) is 12.5 Å². The molecule has 0 bridgehead atoms. The third-order valence-corrected chi connectivity index (χ3v) is 4.55. The molecule has 2 aromatic rings. The lowest BCUT2D eigenvalue weighted by Crippen LogP contribution is -2.31. The summed E-state index contributed by atoms with van der Waals surface area (Å²) in [7, 11) is 0. The molecule has 0 radical (unpaired) electrons. The molecule has 116 valence electrons. The SMILES string of the molecule is CC1CCC(CNC(=O)c2cc(=O)c3ccccc3o2)CC1. The van der Waals surface area contributed by atoms with E-state index >= 15 is 0 Å². The zero-order valence-corrected chi connectivity index (χ0v) is 12.8. The zero-order chi connectivity index (χ0) is 15.5. The number of nitrogens with one attached hydrogen (secondary N) is 1. The van der Waals surface area contributed by atoms with Crippen molar-refractivity contribution < 1.29 is 9.21 Å². The van der Waals surface area contributed by atoms with Crippen molar-refractivity contribution in [3.05, 3.63) is 46.3 Å². The molecular formula is C18H21NO3. The predicted octanol–water partition coefficient (Wildman–Crippen LogP) is 3.35. The maximum absolute atomic E-state index is 12.2. The standard InChI is InChI=1S/C18H21NO3/c1-12-6-8-13(9-7-12)11-19-18(21)17-10-15(20)14-4-2-3-5-16(14)22-17/h2-5,10,12-13H,6-9,11H2,1H3,(H,19,21). The van der Waals surface area contributed by atoms with Crippen LogP contribution in [0, 0.1) is 11.8 Å². The summed E-state index contributed by atoms with van der Waals surface area (Å²) >= 11 is 0. The summed E-state index contributed by atoms with van der Waals surface area (Å²) in [5, 5.41) is 3.40. The van der Waals surface area contributed by atoms with Crippen molar-refractivity contribution in [3.8, 4) is 0 Å². The maximum atomic E-state index is 12.2. The average Bonchev–Trinajstić information content (AvgIpc) is 2.54. The first-order valence-electron chi connectivity index (χ1n) is 7.94. The number of carbonyl (C=O) groups is 1. The van der Waals surface area contributed by atoms with Crippen LogP contribution in [0.3, 0.4) is 0 Å². The fourth-order valence-corrected chi connectivity index (χ4v) is 3.07. The molecule has 1 aliphatic carbocycles. The van der Waals surface area contributed by atoms with Crippen molar-refractivity contribution in [2.75, 3.05) is 6.54 Å². The van der Waals surface area contributed by atoms with Gasteiger partial charge >= 0.3 is 0 Å². The van der Waals surface area contributed by atoms with Crippen LogP contribution in [0.15, 0.2) is 39.5 Å². The molecule has 4 nitrogen and oxygen atoms in total. The van der Waals surface area contributed by atoms with Gasteiger partial charge in [0.2, 0.25) is 0 Å². The lowest BCUT2D eigenvalue weighted by molar-refractivity contribution is 0.0914. The highest BCUT2D eigenvalue weighted by Crippen LogP contribution is 2.27. The fourth-order valence-electron chi connectivity index (χ4n) is 3.07. The van der Waals surface area contributed by atoms with E-state index in [1.807, 2.05) is 0 Å². The molecule has 0 aliphatic heterocycles. The minimum Gasteiger partial charge on any atom is -0.451 e. The van der Waals surface area contributed by atoms with E-state index in [1.165, 1.54) is 18.9 Å². The Morgan fingerprint density at radius 2 is 1.95 bits per heavy atom. The molecular weight excluding hydrogens is 278 g/mol. The lowest BCUT2D eigenvalue weighted by atomic mass is 9.83. The molecule has 0 saturated heterocycles. The molecule has 22 heavy (non-hydrogen) atoms. The van der Waals surface area contributed by atoms with Gasteiger partial charge in [-0.3, -0.25) is 9.59 Å². The van der Waals surface area contributed by atoms with E-state index in [2.05, 4.69) is 12.2 Å². The first-order valence-corrected chi connectivity index (χ1v) is 7.94. The first-order chi connectivity index (χ1) is 10.6. The minimum atomic E-state index is -0.304. The molecule has 3 rings (SSSR count). The third-order valence-electron chi connectivity index (χ3n) is 4.55. The van der Waals surface area contributed by atoms with Crippen LogP contribution in [0.5, 0.6) is 0 Å². The average molecular weight is 299 g/mol. The summed E-state index contributed by atoms with van der Waals surface area (Å²) in [6.45, 7) is 2.93. The summed E-state index contributed by atoms with van der Waals surface area (Å²) in [6.07, 6.45) is 4.77. The molecule has 1 amide bonds. The van der Waals surface area contributed by atoms with Gasteiger partial charge in [0.15, 0.2) is 11.2 Å². The van der Waals surface area contributed by atoms with Gasteiger partial charge in [0.1, 0.15) is 5.58 Å². The van der Waals surface area contributed by atoms with Gasteiger partial charge in [-0.25, -0.2) is 0 Å². The molecule has 1 aromatic heterocycles. The Balaban J connectivity index is 1.69. The highest BCUT2D eigenvalue weighted by Gasteiger charge is 2.19. The van der Waals surface area contributed by atoms with Crippen molar-refractivity contribution in [2.24, 2.45) is 11.8 Å². The summed E-state index contributed by atoms with van der Waals surface area (Å²) in [5.41, 5.74) is 0.269. The number of para-hydroxylation sites is 1. The summed E-state index contributed by atoms with van der Waals surface area (Å²) in [6, 6.07) is 8.25. The molecule has 0 unspecified atom stereocenters. The highest BCUT2D eigenvalue weighted by molar-refractivity contribution is 5.93. The molecule has 1 N–H and O–H groups in total. The topological polar surface area (TPSA) is 59.3 Å². The lowest BCUT2D eigenvalue weighted by Gasteiger charge is -2.26. The van der Waals surface area contributed by atoms with Crippen molar-refractivity contribution in [3.63, 3.8) is 0 Å². The Morgan fingerprint density at radius 1 is 1.23 bits per heavy atom. The summed E-state index contributed by atoms with van der Waals surface area (Å²) in [5.74, 6) is 1.12. The van der Waals surface area contributed by atoms with Crippen molar-refractivity contribution >= 4 is 16.9 Å². The van der Waals surface area contributed by atoms with E-state index < -0.39 is 0 Å². The molecule has 0 atom stereocenters. The fraction of sp³-hybridized carbons (Fsp3) is 0.444. The van der Waals surface area contributed by atoms with Crippen molar-refractivity contribution in [1.82, 2.24) is 5.32 Å². The predicted molar refractivity (Wildman–Crippen MR) is 85.9 cm³/mol. The van der Waals surface area contributed by atoms with Crippen LogP contribution in [0.2, 0.25) is 0 Å². The number of rotatable bonds is 3. The van der Waals surface area contributed by atoms with Crippen molar-refractivity contribution in [1.29, 1.82) is 0 Å². The van der Waals surface area contributed by atoms with Gasteiger partial charge in [-0.15, -0.1) is 0 Å². The van der Waals surface area contributed by atoms with Gasteiger partial charge in [-0.05, 0) is 36.8 Å². The van der Waals surface area contributed by atoms with Crippen LogP contribution in [-0.2, 0) is 0 Å². The van der Waals surface area contributed by atoms with Gasteiger partial charge in [-0.1, -0.05) is 31.9 Å². The number of carbonyl (C=O) groups excluding carboxylic acids is 1. The zero-order valence-electron chi connectivity index (χ0n) is 12.8. The summed E-state index contributed by atoms with van der Waals surface area (Å²) in [4.78, 5) is 24.2. The second-order valence-electron chi connectivity index (χ2n) is 6.31. The number of hydrogen-bond acceptors (Lipinski definition) is 3. The van der Waals surface area contributed by atoms with E-state index in [1.54, 1.807) is 24.3 Å². The Labute approximate surface area is 129 Å². The van der Waals surface area contributed by atoms with Gasteiger partial charge in [0.05, 0.1) is 5.39 Å². The van der Waals surface area contributed by atoms with Crippen LogP contribution in [0.25, 0.3) is 11.0 Å². The van der Waals surface area contributed by atoms with Crippen LogP contribution in [0.1, 0.15) is 43.2 Å². The van der Waals surface area contributed by atoms with Gasteiger partial charge in [-0.2, -0.15) is 0 Å². The first kappa shape index (κ1) is 14.8.